The minimum Gasteiger partial charge on any atom is -0.444 e. The van der Waals surface area contributed by atoms with E-state index in [2.05, 4.69) is 10.3 Å². The molecular weight excluding hydrogens is 278 g/mol. The van der Waals surface area contributed by atoms with Crippen LogP contribution in [0, 0.1) is 0 Å². The SMILES string of the molecule is CC(C)(C)OC(=O)Nc1cccc(-c2ccc(CN)cc2)n1. The zero-order chi connectivity index (χ0) is 16.2. The van der Waals surface area contributed by atoms with Gasteiger partial charge in [-0.25, -0.2) is 9.78 Å². The van der Waals surface area contributed by atoms with E-state index in [-0.39, 0.29) is 0 Å². The van der Waals surface area contributed by atoms with Crippen molar-refractivity contribution in [2.75, 3.05) is 5.32 Å². The number of anilines is 1. The number of benzene rings is 1. The summed E-state index contributed by atoms with van der Waals surface area (Å²) in [6.45, 7) is 5.95. The van der Waals surface area contributed by atoms with E-state index in [1.165, 1.54) is 0 Å². The van der Waals surface area contributed by atoms with Gasteiger partial charge in [-0.1, -0.05) is 30.3 Å². The van der Waals surface area contributed by atoms with Gasteiger partial charge in [-0.15, -0.1) is 0 Å². The van der Waals surface area contributed by atoms with Crippen molar-refractivity contribution in [3.63, 3.8) is 0 Å². The van der Waals surface area contributed by atoms with E-state index in [1.54, 1.807) is 6.07 Å². The van der Waals surface area contributed by atoms with Gasteiger partial charge in [0, 0.05) is 12.1 Å². The molecule has 2 aromatic rings. The molecule has 0 spiro atoms. The highest BCUT2D eigenvalue weighted by Crippen LogP contribution is 2.20. The van der Waals surface area contributed by atoms with Gasteiger partial charge < -0.3 is 10.5 Å². The Morgan fingerprint density at radius 3 is 2.45 bits per heavy atom. The lowest BCUT2D eigenvalue weighted by Crippen LogP contribution is -2.27. The van der Waals surface area contributed by atoms with Crippen molar-refractivity contribution in [3.05, 3.63) is 48.0 Å². The summed E-state index contributed by atoms with van der Waals surface area (Å²) < 4.78 is 5.21. The number of amides is 1. The number of nitrogens with zero attached hydrogens (tertiary/aromatic N) is 1. The van der Waals surface area contributed by atoms with Gasteiger partial charge in [0.15, 0.2) is 0 Å². The smallest absolute Gasteiger partial charge is 0.413 e. The number of carbonyl (C=O) groups excluding carboxylic acids is 1. The van der Waals surface area contributed by atoms with Crippen LogP contribution in [0.4, 0.5) is 10.6 Å². The Hall–Kier alpha value is -2.40. The molecule has 3 N–H and O–H groups in total. The predicted octanol–water partition coefficient (Wildman–Crippen LogP) is 3.55. The van der Waals surface area contributed by atoms with Gasteiger partial charge >= 0.3 is 6.09 Å². The third-order valence-electron chi connectivity index (χ3n) is 2.86. The zero-order valence-electron chi connectivity index (χ0n) is 13.1. The Morgan fingerprint density at radius 1 is 1.18 bits per heavy atom. The van der Waals surface area contributed by atoms with Crippen LogP contribution in [-0.2, 0) is 11.3 Å². The molecule has 5 nitrogen and oxygen atoms in total. The minimum atomic E-state index is -0.542. The molecule has 116 valence electrons. The standard InChI is InChI=1S/C17H21N3O2/c1-17(2,3)22-16(21)20-15-6-4-5-14(19-15)13-9-7-12(11-18)8-10-13/h4-10H,11,18H2,1-3H3,(H,19,20,21). The molecule has 5 heteroatoms. The van der Waals surface area contributed by atoms with E-state index in [4.69, 9.17) is 10.5 Å². The molecule has 1 amide bonds. The second kappa shape index (κ2) is 6.58. The van der Waals surface area contributed by atoms with E-state index >= 15 is 0 Å². The van der Waals surface area contributed by atoms with E-state index in [0.29, 0.717) is 12.4 Å². The van der Waals surface area contributed by atoms with Crippen molar-refractivity contribution in [1.29, 1.82) is 0 Å². The van der Waals surface area contributed by atoms with Gasteiger partial charge in [-0.2, -0.15) is 0 Å². The van der Waals surface area contributed by atoms with Gasteiger partial charge in [0.2, 0.25) is 0 Å². The summed E-state index contributed by atoms with van der Waals surface area (Å²) >= 11 is 0. The van der Waals surface area contributed by atoms with Gasteiger partial charge in [0.05, 0.1) is 5.69 Å². The molecule has 1 aromatic heterocycles. The Kier molecular flexibility index (Phi) is 4.78. The molecule has 0 bridgehead atoms. The second-order valence-electron chi connectivity index (χ2n) is 5.94. The summed E-state index contributed by atoms with van der Waals surface area (Å²) in [5.74, 6) is 0.453. The van der Waals surface area contributed by atoms with Crippen LogP contribution in [0.3, 0.4) is 0 Å². The molecule has 0 saturated carbocycles. The fourth-order valence-corrected chi connectivity index (χ4v) is 1.88. The lowest BCUT2D eigenvalue weighted by molar-refractivity contribution is 0.0635. The highest BCUT2D eigenvalue weighted by atomic mass is 16.6. The molecule has 22 heavy (non-hydrogen) atoms. The van der Waals surface area contributed by atoms with Gasteiger partial charge in [-0.3, -0.25) is 5.32 Å². The first kappa shape index (κ1) is 16.0. The number of ether oxygens (including phenoxy) is 1. The molecular formula is C17H21N3O2. The van der Waals surface area contributed by atoms with Crippen LogP contribution < -0.4 is 11.1 Å². The highest BCUT2D eigenvalue weighted by Gasteiger charge is 2.16. The summed E-state index contributed by atoms with van der Waals surface area (Å²) in [5, 5.41) is 2.64. The molecule has 0 aliphatic rings. The zero-order valence-corrected chi connectivity index (χ0v) is 13.1. The molecule has 0 fully saturated rings. The second-order valence-corrected chi connectivity index (χ2v) is 5.94. The molecule has 0 radical (unpaired) electrons. The van der Waals surface area contributed by atoms with Crippen LogP contribution >= 0.6 is 0 Å². The number of carbonyl (C=O) groups is 1. The van der Waals surface area contributed by atoms with Crippen LogP contribution in [0.2, 0.25) is 0 Å². The van der Waals surface area contributed by atoms with Crippen molar-refractivity contribution in [1.82, 2.24) is 4.98 Å². The van der Waals surface area contributed by atoms with Gasteiger partial charge in [0.1, 0.15) is 11.4 Å². The van der Waals surface area contributed by atoms with Crippen molar-refractivity contribution < 1.29 is 9.53 Å². The average Bonchev–Trinajstić information content (AvgIpc) is 2.45. The predicted molar refractivity (Wildman–Crippen MR) is 87.4 cm³/mol. The quantitative estimate of drug-likeness (QED) is 0.908. The Balaban J connectivity index is 2.14. The number of aromatic nitrogens is 1. The molecule has 0 unspecified atom stereocenters. The number of hydrogen-bond acceptors (Lipinski definition) is 4. The molecule has 0 aliphatic heterocycles. The highest BCUT2D eigenvalue weighted by molar-refractivity contribution is 5.84. The van der Waals surface area contributed by atoms with E-state index in [0.717, 1.165) is 16.8 Å². The van der Waals surface area contributed by atoms with Crippen molar-refractivity contribution in [3.8, 4) is 11.3 Å². The molecule has 0 saturated heterocycles. The Labute approximate surface area is 130 Å². The molecule has 2 rings (SSSR count). The van der Waals surface area contributed by atoms with Crippen molar-refractivity contribution in [2.24, 2.45) is 5.73 Å². The van der Waals surface area contributed by atoms with E-state index in [9.17, 15) is 4.79 Å². The lowest BCUT2D eigenvalue weighted by atomic mass is 10.1. The Morgan fingerprint density at radius 2 is 1.86 bits per heavy atom. The number of pyridine rings is 1. The summed E-state index contributed by atoms with van der Waals surface area (Å²) in [5.41, 5.74) is 7.85. The first-order valence-electron chi connectivity index (χ1n) is 7.14. The fourth-order valence-electron chi connectivity index (χ4n) is 1.88. The van der Waals surface area contributed by atoms with Crippen molar-refractivity contribution >= 4 is 11.9 Å². The fraction of sp³-hybridized carbons (Fsp3) is 0.294. The molecule has 0 atom stereocenters. The normalized spacial score (nSPS) is 11.1. The summed E-state index contributed by atoms with van der Waals surface area (Å²) in [4.78, 5) is 16.2. The third kappa shape index (κ3) is 4.56. The van der Waals surface area contributed by atoms with Crippen LogP contribution in [0.25, 0.3) is 11.3 Å². The number of nitrogens with one attached hydrogen (secondary N) is 1. The van der Waals surface area contributed by atoms with Gasteiger partial charge in [0.25, 0.3) is 0 Å². The summed E-state index contributed by atoms with van der Waals surface area (Å²) in [6, 6.07) is 13.3. The average molecular weight is 299 g/mol. The van der Waals surface area contributed by atoms with E-state index in [1.807, 2.05) is 57.2 Å². The maximum atomic E-state index is 11.8. The van der Waals surface area contributed by atoms with E-state index < -0.39 is 11.7 Å². The Bertz CT molecular complexity index is 646. The first-order valence-corrected chi connectivity index (χ1v) is 7.14. The first-order chi connectivity index (χ1) is 10.4. The maximum absolute atomic E-state index is 11.8. The number of hydrogen-bond donors (Lipinski definition) is 2. The van der Waals surface area contributed by atoms with Gasteiger partial charge in [-0.05, 0) is 38.5 Å². The lowest BCUT2D eigenvalue weighted by Gasteiger charge is -2.19. The number of nitrogens with two attached hydrogens (primary N) is 1. The van der Waals surface area contributed by atoms with Crippen LogP contribution in [0.15, 0.2) is 42.5 Å². The summed E-state index contributed by atoms with van der Waals surface area (Å²) in [7, 11) is 0. The maximum Gasteiger partial charge on any atom is 0.413 e. The molecule has 1 aromatic carbocycles. The van der Waals surface area contributed by atoms with Crippen LogP contribution in [0.1, 0.15) is 26.3 Å². The third-order valence-corrected chi connectivity index (χ3v) is 2.86. The molecule has 1 heterocycles. The number of rotatable bonds is 3. The monoisotopic (exact) mass is 299 g/mol. The van der Waals surface area contributed by atoms with Crippen molar-refractivity contribution in [2.45, 2.75) is 32.9 Å². The summed E-state index contributed by atoms with van der Waals surface area (Å²) in [6.07, 6.45) is -0.518. The minimum absolute atomic E-state index is 0.453. The topological polar surface area (TPSA) is 77.2 Å². The van der Waals surface area contributed by atoms with Crippen LogP contribution in [-0.4, -0.2) is 16.7 Å². The largest absolute Gasteiger partial charge is 0.444 e. The van der Waals surface area contributed by atoms with Crippen LogP contribution in [0.5, 0.6) is 0 Å². The molecule has 0 aliphatic carbocycles.